The van der Waals surface area contributed by atoms with Crippen LogP contribution in [0.5, 0.6) is 11.5 Å². The van der Waals surface area contributed by atoms with E-state index in [1.807, 2.05) is 48.2 Å². The molecular weight excluding hydrogens is 618 g/mol. The highest BCUT2D eigenvalue weighted by molar-refractivity contribution is 5.86. The zero-order valence-corrected chi connectivity index (χ0v) is 26.1. The molecule has 242 valence electrons. The van der Waals surface area contributed by atoms with E-state index >= 15 is 0 Å². The lowest BCUT2D eigenvalue weighted by molar-refractivity contribution is -0.122. The number of amides is 1. The molecule has 0 radical (unpaired) electrons. The Balaban J connectivity index is 0.00000480. The lowest BCUT2D eigenvalue weighted by atomic mass is 10.0. The van der Waals surface area contributed by atoms with Gasteiger partial charge in [0, 0.05) is 43.4 Å². The van der Waals surface area contributed by atoms with E-state index in [0.29, 0.717) is 43.3 Å². The molecule has 2 N–H and O–H groups in total. The van der Waals surface area contributed by atoms with E-state index in [0.717, 1.165) is 47.5 Å². The maximum Gasteiger partial charge on any atom is 0.254 e. The van der Waals surface area contributed by atoms with Crippen molar-refractivity contribution in [1.82, 2.24) is 25.4 Å². The Hall–Kier alpha value is -4.65. The maximum absolute atomic E-state index is 13.4. The minimum Gasteiger partial charge on any atom is -0.507 e. The van der Waals surface area contributed by atoms with Crippen LogP contribution in [0.25, 0.3) is 11.4 Å². The van der Waals surface area contributed by atoms with Crippen LogP contribution in [-0.2, 0) is 24.4 Å². The summed E-state index contributed by atoms with van der Waals surface area (Å²) in [6.45, 7) is 9.50. The quantitative estimate of drug-likeness (QED) is 0.123. The molecule has 3 aromatic carbocycles. The van der Waals surface area contributed by atoms with Crippen molar-refractivity contribution in [3.63, 3.8) is 0 Å². The molecule has 1 amide bonds. The Morgan fingerprint density at radius 3 is 2.54 bits per heavy atom. The highest BCUT2D eigenvalue weighted by atomic mass is 35.5. The normalized spacial score (nSPS) is 13.8. The minimum atomic E-state index is -0.956. The fourth-order valence-corrected chi connectivity index (χ4v) is 4.81. The third-order valence-corrected chi connectivity index (χ3v) is 7.20. The number of carbonyl (C=O) groups excluding carboxylic acids is 1. The van der Waals surface area contributed by atoms with Gasteiger partial charge in [-0.15, -0.1) is 12.4 Å². The number of hydrazone groups is 1. The predicted octanol–water partition coefficient (Wildman–Crippen LogP) is 5.11. The summed E-state index contributed by atoms with van der Waals surface area (Å²) in [5, 5.41) is 18.6. The number of ether oxygens (including phenoxy) is 1. The predicted molar refractivity (Wildman–Crippen MR) is 172 cm³/mol. The molecule has 13 heteroatoms. The molecule has 4 aromatic rings. The molecule has 1 aliphatic heterocycles. The van der Waals surface area contributed by atoms with Crippen LogP contribution in [0.4, 0.5) is 8.78 Å². The number of para-hydroxylation sites is 1. The Labute approximate surface area is 271 Å². The average Bonchev–Trinajstić information content (AvgIpc) is 3.49. The molecule has 0 unspecified atom stereocenters. The van der Waals surface area contributed by atoms with Crippen LogP contribution in [0.15, 0.2) is 82.4 Å². The summed E-state index contributed by atoms with van der Waals surface area (Å²) in [6, 6.07) is 16.2. The largest absolute Gasteiger partial charge is 0.507 e. The summed E-state index contributed by atoms with van der Waals surface area (Å²) in [7, 11) is 0. The number of nitrogens with zero attached hydrogens (tertiary/aromatic N) is 5. The van der Waals surface area contributed by atoms with E-state index in [2.05, 4.69) is 32.1 Å². The topological polar surface area (TPSA) is 116 Å². The summed E-state index contributed by atoms with van der Waals surface area (Å²) < 4.78 is 37.5. The summed E-state index contributed by atoms with van der Waals surface area (Å²) in [5.74, 6) is -0.783. The molecule has 1 fully saturated rings. The second-order valence-corrected chi connectivity index (χ2v) is 10.9. The van der Waals surface area contributed by atoms with Crippen LogP contribution in [0.3, 0.4) is 0 Å². The SMILES string of the molecule is C=C(C)Cc1cccc(C=NNC(=O)CN2CCN(Cc3nc(-c4ccc(COc5ccc(F)c(F)c5)cc4)no3)CC2)c1O.Cl. The molecule has 2 heterocycles. The molecule has 1 saturated heterocycles. The average molecular weight is 653 g/mol. The number of halogens is 3. The minimum absolute atomic E-state index is 0. The van der Waals surface area contributed by atoms with E-state index in [1.165, 1.54) is 12.3 Å². The molecule has 1 aromatic heterocycles. The Bertz CT molecular complexity index is 1670. The third-order valence-electron chi connectivity index (χ3n) is 7.20. The van der Waals surface area contributed by atoms with E-state index in [1.54, 1.807) is 6.07 Å². The van der Waals surface area contributed by atoms with E-state index in [4.69, 9.17) is 9.26 Å². The molecule has 10 nitrogen and oxygen atoms in total. The number of hydrogen-bond acceptors (Lipinski definition) is 9. The first-order chi connectivity index (χ1) is 21.7. The smallest absolute Gasteiger partial charge is 0.254 e. The van der Waals surface area contributed by atoms with E-state index in [9.17, 15) is 18.7 Å². The number of benzene rings is 3. The van der Waals surface area contributed by atoms with E-state index in [-0.39, 0.29) is 43.0 Å². The van der Waals surface area contributed by atoms with Gasteiger partial charge in [-0.05, 0) is 42.7 Å². The van der Waals surface area contributed by atoms with Crippen LogP contribution >= 0.6 is 12.4 Å². The first-order valence-corrected chi connectivity index (χ1v) is 14.4. The van der Waals surface area contributed by atoms with Crippen LogP contribution in [0.2, 0.25) is 0 Å². The summed E-state index contributed by atoms with van der Waals surface area (Å²) in [6.07, 6.45) is 2.00. The Kier molecular flexibility index (Phi) is 12.0. The number of aromatic hydroxyl groups is 1. The number of allylic oxidation sites excluding steroid dienone is 1. The summed E-state index contributed by atoms with van der Waals surface area (Å²) >= 11 is 0. The molecule has 1 aliphatic rings. The molecule has 0 saturated carbocycles. The van der Waals surface area contributed by atoms with Gasteiger partial charge in [-0.1, -0.05) is 53.7 Å². The van der Waals surface area contributed by atoms with Crippen molar-refractivity contribution in [2.24, 2.45) is 5.10 Å². The zero-order chi connectivity index (χ0) is 31.8. The van der Waals surface area contributed by atoms with Crippen molar-refractivity contribution in [2.45, 2.75) is 26.5 Å². The van der Waals surface area contributed by atoms with Gasteiger partial charge in [0.15, 0.2) is 11.6 Å². The lowest BCUT2D eigenvalue weighted by Gasteiger charge is -2.33. The van der Waals surface area contributed by atoms with Crippen LogP contribution in [-0.4, -0.2) is 69.9 Å². The number of phenols is 1. The van der Waals surface area contributed by atoms with Gasteiger partial charge in [-0.3, -0.25) is 14.6 Å². The second kappa shape index (κ2) is 16.1. The Morgan fingerprint density at radius 1 is 1.09 bits per heavy atom. The first kappa shape index (κ1) is 34.2. The van der Waals surface area contributed by atoms with Gasteiger partial charge < -0.3 is 14.4 Å². The molecule has 0 bridgehead atoms. The molecule has 46 heavy (non-hydrogen) atoms. The molecule has 0 aliphatic carbocycles. The number of phenolic OH excluding ortho intramolecular Hbond substituents is 1. The Morgan fingerprint density at radius 2 is 1.83 bits per heavy atom. The molecule has 0 atom stereocenters. The van der Waals surface area contributed by atoms with E-state index < -0.39 is 11.6 Å². The lowest BCUT2D eigenvalue weighted by Crippen LogP contribution is -2.48. The van der Waals surface area contributed by atoms with Gasteiger partial charge in [0.2, 0.25) is 11.7 Å². The zero-order valence-electron chi connectivity index (χ0n) is 25.3. The van der Waals surface area contributed by atoms with Gasteiger partial charge in [-0.25, -0.2) is 14.2 Å². The van der Waals surface area contributed by atoms with Crippen molar-refractivity contribution in [1.29, 1.82) is 0 Å². The van der Waals surface area contributed by atoms with Gasteiger partial charge in [-0.2, -0.15) is 10.1 Å². The maximum atomic E-state index is 13.4. The number of piperazine rings is 1. The molecular formula is C33H35ClF2N6O4. The number of hydrogen-bond donors (Lipinski definition) is 2. The number of rotatable bonds is 12. The van der Waals surface area contributed by atoms with Gasteiger partial charge >= 0.3 is 0 Å². The highest BCUT2D eigenvalue weighted by Gasteiger charge is 2.21. The fraction of sp³-hybridized carbons (Fsp3) is 0.273. The third kappa shape index (κ3) is 9.43. The van der Waals surface area contributed by atoms with Crippen molar-refractivity contribution in [3.05, 3.63) is 107 Å². The number of carbonyl (C=O) groups is 1. The first-order valence-electron chi connectivity index (χ1n) is 14.4. The fourth-order valence-electron chi connectivity index (χ4n) is 4.81. The summed E-state index contributed by atoms with van der Waals surface area (Å²) in [4.78, 5) is 21.2. The van der Waals surface area contributed by atoms with Crippen LogP contribution in [0, 0.1) is 11.6 Å². The van der Waals surface area contributed by atoms with Crippen molar-refractivity contribution < 1.29 is 27.9 Å². The van der Waals surface area contributed by atoms with Crippen molar-refractivity contribution >= 4 is 24.5 Å². The van der Waals surface area contributed by atoms with Crippen LogP contribution in [0.1, 0.15) is 29.5 Å². The molecule has 5 rings (SSSR count). The van der Waals surface area contributed by atoms with Crippen molar-refractivity contribution in [3.8, 4) is 22.9 Å². The standard InChI is InChI=1S/C33H34F2N6O4.ClH/c1-22(2)16-25-4-3-5-26(32(25)43)18-36-38-30(42)19-40-12-14-41(15-13-40)20-31-37-33(39-45-31)24-8-6-23(7-9-24)21-44-27-10-11-28(34)29(35)17-27;/h3-11,17-18,43H,1,12-16,19-21H2,2H3,(H,38,42);1H. The summed E-state index contributed by atoms with van der Waals surface area (Å²) in [5.41, 5.74) is 6.37. The number of aromatic nitrogens is 2. The van der Waals surface area contributed by atoms with Crippen LogP contribution < -0.4 is 10.2 Å². The number of nitrogens with one attached hydrogen (secondary N) is 1. The van der Waals surface area contributed by atoms with Crippen molar-refractivity contribution in [2.75, 3.05) is 32.7 Å². The van der Waals surface area contributed by atoms with Gasteiger partial charge in [0.1, 0.15) is 18.1 Å². The van der Waals surface area contributed by atoms with Gasteiger partial charge in [0.25, 0.3) is 5.91 Å². The second-order valence-electron chi connectivity index (χ2n) is 10.9. The molecule has 0 spiro atoms. The monoisotopic (exact) mass is 652 g/mol. The van der Waals surface area contributed by atoms with Gasteiger partial charge in [0.05, 0.1) is 19.3 Å². The highest BCUT2D eigenvalue weighted by Crippen LogP contribution is 2.23.